The van der Waals surface area contributed by atoms with E-state index in [1.54, 1.807) is 13.8 Å². The van der Waals surface area contributed by atoms with Crippen molar-refractivity contribution in [2.45, 2.75) is 24.9 Å². The number of nitrogens with zero attached hydrogens (tertiary/aromatic N) is 2. The Balaban J connectivity index is 1.93. The molecule has 2 aliphatic rings. The zero-order valence-electron chi connectivity index (χ0n) is 19.7. The van der Waals surface area contributed by atoms with E-state index in [-0.39, 0.29) is 11.8 Å². The number of carbonyl (C=O) groups is 2. The zero-order chi connectivity index (χ0) is 25.2. The first-order valence-electron chi connectivity index (χ1n) is 11.7. The lowest BCUT2D eigenvalue weighted by atomic mass is 9.65. The topological polar surface area (TPSA) is 40.6 Å². The molecule has 0 radical (unpaired) electrons. The lowest BCUT2D eigenvalue weighted by Crippen LogP contribution is -2.62. The molecule has 2 heterocycles. The number of anilines is 2. The molecule has 0 fully saturated rings. The summed E-state index contributed by atoms with van der Waals surface area (Å²) >= 11 is 7.31. The lowest BCUT2D eigenvalue weighted by Gasteiger charge is -2.49. The molecule has 0 bridgehead atoms. The van der Waals surface area contributed by atoms with E-state index in [4.69, 9.17) is 0 Å². The number of benzene rings is 4. The average Bonchev–Trinajstić information content (AvgIpc) is 3.28. The molecule has 2 atom stereocenters. The number of hydrogen-bond acceptors (Lipinski definition) is 2. The molecule has 178 valence electrons. The molecule has 36 heavy (non-hydrogen) atoms. The van der Waals surface area contributed by atoms with E-state index < -0.39 is 11.1 Å². The molecule has 4 aromatic carbocycles. The summed E-state index contributed by atoms with van der Waals surface area (Å²) in [5, 5.41) is 0. The number of rotatable bonds is 2. The van der Waals surface area contributed by atoms with Crippen LogP contribution in [-0.4, -0.2) is 11.8 Å². The number of amides is 2. The molecule has 4 nitrogen and oxygen atoms in total. The fourth-order valence-corrected chi connectivity index (χ4v) is 7.17. The van der Waals surface area contributed by atoms with Crippen LogP contribution in [0.15, 0.2) is 106 Å². The molecular formula is C30H22Br2N2O2. The summed E-state index contributed by atoms with van der Waals surface area (Å²) < 4.78 is 1.74. The van der Waals surface area contributed by atoms with Gasteiger partial charge in [0.15, 0.2) is 0 Å². The first-order chi connectivity index (χ1) is 17.3. The molecule has 6 rings (SSSR count). The van der Waals surface area contributed by atoms with Crippen molar-refractivity contribution in [2.24, 2.45) is 0 Å². The molecule has 0 saturated heterocycles. The minimum atomic E-state index is -1.05. The third-order valence-corrected chi connectivity index (χ3v) is 8.37. The molecule has 0 saturated carbocycles. The van der Waals surface area contributed by atoms with Gasteiger partial charge in [0.25, 0.3) is 0 Å². The zero-order valence-corrected chi connectivity index (χ0v) is 22.9. The molecule has 2 amide bonds. The number of carbonyl (C=O) groups excluding carboxylic acids is 2. The third kappa shape index (κ3) is 2.74. The molecule has 0 N–H and O–H groups in total. The van der Waals surface area contributed by atoms with Crippen molar-refractivity contribution in [3.05, 3.63) is 128 Å². The maximum atomic E-state index is 13.8. The Morgan fingerprint density at radius 2 is 1.06 bits per heavy atom. The minimum Gasteiger partial charge on any atom is -0.295 e. The van der Waals surface area contributed by atoms with Gasteiger partial charge < -0.3 is 0 Å². The van der Waals surface area contributed by atoms with Crippen LogP contribution < -0.4 is 9.80 Å². The second-order valence-corrected chi connectivity index (χ2v) is 11.0. The van der Waals surface area contributed by atoms with Crippen LogP contribution in [0.25, 0.3) is 0 Å². The number of hydrogen-bond donors (Lipinski definition) is 0. The Bertz CT molecular complexity index is 1540. The summed E-state index contributed by atoms with van der Waals surface area (Å²) in [5.74, 6) is -0.202. The normalized spacial score (nSPS) is 21.7. The number of halogens is 2. The van der Waals surface area contributed by atoms with Crippen LogP contribution in [0.1, 0.15) is 36.1 Å². The van der Waals surface area contributed by atoms with Gasteiger partial charge in [-0.15, -0.1) is 0 Å². The van der Waals surface area contributed by atoms with Gasteiger partial charge in [0.05, 0.1) is 11.4 Å². The van der Waals surface area contributed by atoms with Crippen molar-refractivity contribution in [1.29, 1.82) is 0 Å². The number of fused-ring (bicyclic) bond motifs is 5. The first kappa shape index (κ1) is 23.2. The largest absolute Gasteiger partial charge is 0.295 e. The van der Waals surface area contributed by atoms with Crippen molar-refractivity contribution in [3.63, 3.8) is 0 Å². The van der Waals surface area contributed by atoms with Gasteiger partial charge in [0, 0.05) is 33.9 Å². The highest BCUT2D eigenvalue weighted by molar-refractivity contribution is 9.10. The molecule has 0 unspecified atom stereocenters. The lowest BCUT2D eigenvalue weighted by molar-refractivity contribution is -0.119. The van der Waals surface area contributed by atoms with E-state index in [1.807, 2.05) is 76.5 Å². The third-order valence-electron chi connectivity index (χ3n) is 7.39. The molecule has 0 spiro atoms. The summed E-state index contributed by atoms with van der Waals surface area (Å²) in [4.78, 5) is 31.3. The Kier molecular flexibility index (Phi) is 5.25. The molecule has 4 aromatic rings. The van der Waals surface area contributed by atoms with Crippen molar-refractivity contribution in [1.82, 2.24) is 0 Å². The van der Waals surface area contributed by atoms with Gasteiger partial charge in [-0.05, 0) is 41.5 Å². The van der Waals surface area contributed by atoms with E-state index in [2.05, 4.69) is 62.2 Å². The van der Waals surface area contributed by atoms with Crippen molar-refractivity contribution < 1.29 is 9.59 Å². The monoisotopic (exact) mass is 600 g/mol. The Morgan fingerprint density at radius 1 is 0.583 bits per heavy atom. The van der Waals surface area contributed by atoms with Crippen LogP contribution in [-0.2, 0) is 20.7 Å². The smallest absolute Gasteiger partial charge is 0.225 e. The summed E-state index contributed by atoms with van der Waals surface area (Å²) in [7, 11) is 0. The second kappa shape index (κ2) is 8.15. The van der Waals surface area contributed by atoms with Crippen LogP contribution >= 0.6 is 31.9 Å². The fourth-order valence-electron chi connectivity index (χ4n) is 6.46. The maximum Gasteiger partial charge on any atom is 0.225 e. The average molecular weight is 602 g/mol. The van der Waals surface area contributed by atoms with E-state index >= 15 is 0 Å². The SMILES string of the molecule is CC(=O)N1c2ccc(Br)cc2[C@]2(c3ccccc3)N(C(C)=O)c3cc(Br)ccc3[C@]12c1ccccc1. The second-order valence-electron chi connectivity index (χ2n) is 9.18. The highest BCUT2D eigenvalue weighted by Gasteiger charge is 2.73. The van der Waals surface area contributed by atoms with Gasteiger partial charge in [0.1, 0.15) is 11.1 Å². The van der Waals surface area contributed by atoms with Gasteiger partial charge in [-0.25, -0.2) is 0 Å². The van der Waals surface area contributed by atoms with Crippen molar-refractivity contribution in [2.75, 3.05) is 9.80 Å². The first-order valence-corrected chi connectivity index (χ1v) is 13.3. The van der Waals surface area contributed by atoms with Gasteiger partial charge >= 0.3 is 0 Å². The van der Waals surface area contributed by atoms with Gasteiger partial charge in [0.2, 0.25) is 11.8 Å². The Labute approximate surface area is 226 Å². The van der Waals surface area contributed by atoms with Crippen LogP contribution in [0.3, 0.4) is 0 Å². The van der Waals surface area contributed by atoms with Crippen LogP contribution in [0.2, 0.25) is 0 Å². The van der Waals surface area contributed by atoms with E-state index in [0.717, 1.165) is 42.6 Å². The van der Waals surface area contributed by atoms with Crippen LogP contribution in [0.4, 0.5) is 11.4 Å². The summed E-state index contributed by atoms with van der Waals surface area (Å²) in [6.45, 7) is 3.21. The molecule has 2 aliphatic heterocycles. The minimum absolute atomic E-state index is 0.0977. The molecule has 6 heteroatoms. The van der Waals surface area contributed by atoms with E-state index in [0.29, 0.717) is 0 Å². The molecule has 0 aromatic heterocycles. The highest BCUT2D eigenvalue weighted by atomic mass is 79.9. The predicted octanol–water partition coefficient (Wildman–Crippen LogP) is 7.13. The van der Waals surface area contributed by atoms with E-state index in [1.165, 1.54) is 0 Å². The van der Waals surface area contributed by atoms with Gasteiger partial charge in [-0.2, -0.15) is 0 Å². The Morgan fingerprint density at radius 3 is 1.61 bits per heavy atom. The molecular weight excluding hydrogens is 580 g/mol. The summed E-state index contributed by atoms with van der Waals surface area (Å²) in [6.07, 6.45) is 0. The van der Waals surface area contributed by atoms with Gasteiger partial charge in [-0.3, -0.25) is 19.4 Å². The summed E-state index contributed by atoms with van der Waals surface area (Å²) in [6, 6.07) is 32.2. The van der Waals surface area contributed by atoms with Crippen molar-refractivity contribution in [3.8, 4) is 0 Å². The highest BCUT2D eigenvalue weighted by Crippen LogP contribution is 2.70. The van der Waals surface area contributed by atoms with Gasteiger partial charge in [-0.1, -0.05) is 98.6 Å². The van der Waals surface area contributed by atoms with Crippen LogP contribution in [0.5, 0.6) is 0 Å². The fraction of sp³-hybridized carbons (Fsp3) is 0.133. The molecule has 0 aliphatic carbocycles. The summed E-state index contributed by atoms with van der Waals surface area (Å²) in [5.41, 5.74) is 3.15. The maximum absolute atomic E-state index is 13.8. The predicted molar refractivity (Wildman–Crippen MR) is 149 cm³/mol. The standard InChI is InChI=1S/C30H22Br2N2O2/c1-19(35)33-27-16-14-23(31)17-26(27)30(22-11-7-4-8-12-22)29(33,21-9-5-3-6-10-21)25-15-13-24(32)18-28(25)34(30)20(2)36/h3-18H,1-2H3/t29-,30-/m0/s1. The Hall–Kier alpha value is -3.22. The van der Waals surface area contributed by atoms with Crippen LogP contribution in [0, 0.1) is 0 Å². The quantitative estimate of drug-likeness (QED) is 0.245. The van der Waals surface area contributed by atoms with Crippen molar-refractivity contribution >= 4 is 55.0 Å². The van der Waals surface area contributed by atoms with E-state index in [9.17, 15) is 9.59 Å².